The highest BCUT2D eigenvalue weighted by Crippen LogP contribution is 2.26. The first-order chi connectivity index (χ1) is 13.5. The maximum absolute atomic E-state index is 12.3. The van der Waals surface area contributed by atoms with E-state index in [-0.39, 0.29) is 17.0 Å². The Morgan fingerprint density at radius 1 is 1.18 bits per heavy atom. The van der Waals surface area contributed by atoms with Gasteiger partial charge in [-0.1, -0.05) is 29.8 Å². The molecule has 0 aliphatic heterocycles. The third-order valence-corrected chi connectivity index (χ3v) is 3.94. The Bertz CT molecular complexity index is 1130. The van der Waals surface area contributed by atoms with E-state index in [4.69, 9.17) is 16.0 Å². The second kappa shape index (κ2) is 8.20. The molecule has 0 fully saturated rings. The molecule has 0 saturated heterocycles. The number of halogens is 1. The second-order valence-electron chi connectivity index (χ2n) is 5.64. The molecule has 0 aliphatic rings. The standard InChI is InChI=1S/C20H12ClN3O4/c21-15-4-2-5-16(11-15)23-20(25)14(12-22)10-18-7-8-19(28-18)13-3-1-6-17(9-13)24(26)27/h1-11H,(H,23,25)/b14-10-. The SMILES string of the molecule is N#C/C(=C/c1ccc(-c2cccc([N+](=O)[O-])c2)o1)C(=O)Nc1cccc(Cl)c1. The van der Waals surface area contributed by atoms with Crippen LogP contribution < -0.4 is 5.32 Å². The fraction of sp³-hybridized carbons (Fsp3) is 0. The summed E-state index contributed by atoms with van der Waals surface area (Å²) >= 11 is 5.88. The van der Waals surface area contributed by atoms with E-state index in [1.165, 1.54) is 18.2 Å². The van der Waals surface area contributed by atoms with Crippen molar-refractivity contribution >= 4 is 35.0 Å². The molecule has 0 radical (unpaired) electrons. The van der Waals surface area contributed by atoms with Crippen molar-refractivity contribution in [2.45, 2.75) is 0 Å². The van der Waals surface area contributed by atoms with Gasteiger partial charge in [-0.05, 0) is 30.3 Å². The molecule has 0 aliphatic carbocycles. The van der Waals surface area contributed by atoms with Gasteiger partial charge in [0.05, 0.1) is 4.92 Å². The number of benzene rings is 2. The first kappa shape index (κ1) is 18.9. The van der Waals surface area contributed by atoms with Crippen LogP contribution in [-0.2, 0) is 4.79 Å². The number of nitrogens with one attached hydrogen (secondary N) is 1. The average molecular weight is 394 g/mol. The summed E-state index contributed by atoms with van der Waals surface area (Å²) in [5.41, 5.74) is 0.732. The maximum atomic E-state index is 12.3. The summed E-state index contributed by atoms with van der Waals surface area (Å²) in [6.45, 7) is 0. The van der Waals surface area contributed by atoms with Crippen molar-refractivity contribution in [3.05, 3.63) is 87.1 Å². The van der Waals surface area contributed by atoms with E-state index in [0.717, 1.165) is 0 Å². The van der Waals surface area contributed by atoms with Crippen molar-refractivity contribution in [3.63, 3.8) is 0 Å². The Hall–Kier alpha value is -3.89. The Labute approximate surface area is 164 Å². The molecule has 0 saturated carbocycles. The summed E-state index contributed by atoms with van der Waals surface area (Å²) in [5.74, 6) is 0.0276. The molecule has 0 spiro atoms. The summed E-state index contributed by atoms with van der Waals surface area (Å²) in [5, 5.41) is 23.2. The monoisotopic (exact) mass is 393 g/mol. The third-order valence-electron chi connectivity index (χ3n) is 3.70. The van der Waals surface area contributed by atoms with Gasteiger partial charge in [0.1, 0.15) is 23.2 Å². The van der Waals surface area contributed by atoms with Gasteiger partial charge in [0.15, 0.2) is 0 Å². The van der Waals surface area contributed by atoms with Gasteiger partial charge in [-0.3, -0.25) is 14.9 Å². The lowest BCUT2D eigenvalue weighted by molar-refractivity contribution is -0.384. The highest BCUT2D eigenvalue weighted by molar-refractivity contribution is 6.31. The quantitative estimate of drug-likeness (QED) is 0.282. The molecule has 8 heteroatoms. The first-order valence-corrected chi connectivity index (χ1v) is 8.37. The number of rotatable bonds is 5. The number of nitrogens with zero attached hydrogens (tertiary/aromatic N) is 2. The van der Waals surface area contributed by atoms with Crippen LogP contribution in [0.4, 0.5) is 11.4 Å². The minimum Gasteiger partial charge on any atom is -0.457 e. The zero-order chi connectivity index (χ0) is 20.1. The lowest BCUT2D eigenvalue weighted by Gasteiger charge is -2.04. The summed E-state index contributed by atoms with van der Waals surface area (Å²) in [4.78, 5) is 22.7. The number of hydrogen-bond donors (Lipinski definition) is 1. The molecule has 28 heavy (non-hydrogen) atoms. The summed E-state index contributed by atoms with van der Waals surface area (Å²) in [7, 11) is 0. The molecule has 7 nitrogen and oxygen atoms in total. The molecule has 1 aromatic heterocycles. The Morgan fingerprint density at radius 2 is 1.96 bits per heavy atom. The molecule has 1 heterocycles. The van der Waals surface area contributed by atoms with E-state index in [1.54, 1.807) is 48.5 Å². The van der Waals surface area contributed by atoms with E-state index in [9.17, 15) is 20.2 Å². The smallest absolute Gasteiger partial charge is 0.270 e. The molecule has 3 aromatic rings. The number of anilines is 1. The highest BCUT2D eigenvalue weighted by Gasteiger charge is 2.13. The van der Waals surface area contributed by atoms with Gasteiger partial charge in [0.2, 0.25) is 0 Å². The van der Waals surface area contributed by atoms with Crippen LogP contribution in [0.25, 0.3) is 17.4 Å². The number of carbonyl (C=O) groups excluding carboxylic acids is 1. The Balaban J connectivity index is 1.82. The zero-order valence-corrected chi connectivity index (χ0v) is 15.0. The second-order valence-corrected chi connectivity index (χ2v) is 6.08. The minimum absolute atomic E-state index is 0.0652. The van der Waals surface area contributed by atoms with E-state index >= 15 is 0 Å². The van der Waals surface area contributed by atoms with Crippen molar-refractivity contribution in [1.82, 2.24) is 0 Å². The number of nitriles is 1. The third kappa shape index (κ3) is 4.44. The van der Waals surface area contributed by atoms with Gasteiger partial charge in [0.25, 0.3) is 11.6 Å². The number of carbonyl (C=O) groups is 1. The Kier molecular flexibility index (Phi) is 5.53. The normalized spacial score (nSPS) is 10.9. The van der Waals surface area contributed by atoms with E-state index in [0.29, 0.717) is 22.0 Å². The molecular formula is C20H12ClN3O4. The number of non-ortho nitro benzene ring substituents is 1. The van der Waals surface area contributed by atoms with Crippen molar-refractivity contribution in [3.8, 4) is 17.4 Å². The van der Waals surface area contributed by atoms with Gasteiger partial charge in [-0.2, -0.15) is 5.26 Å². The van der Waals surface area contributed by atoms with Crippen molar-refractivity contribution < 1.29 is 14.1 Å². The molecule has 0 atom stereocenters. The topological polar surface area (TPSA) is 109 Å². The van der Waals surface area contributed by atoms with E-state index in [1.807, 2.05) is 6.07 Å². The fourth-order valence-electron chi connectivity index (χ4n) is 2.41. The van der Waals surface area contributed by atoms with Gasteiger partial charge < -0.3 is 9.73 Å². The molecule has 1 amide bonds. The van der Waals surface area contributed by atoms with E-state index in [2.05, 4.69) is 5.32 Å². The first-order valence-electron chi connectivity index (χ1n) is 7.99. The van der Waals surface area contributed by atoms with Gasteiger partial charge in [-0.25, -0.2) is 0 Å². The predicted octanol–water partition coefficient (Wildman–Crippen LogP) is 5.05. The van der Waals surface area contributed by atoms with Crippen LogP contribution >= 0.6 is 11.6 Å². The van der Waals surface area contributed by atoms with Gasteiger partial charge in [-0.15, -0.1) is 0 Å². The highest BCUT2D eigenvalue weighted by atomic mass is 35.5. The van der Waals surface area contributed by atoms with Crippen molar-refractivity contribution in [2.75, 3.05) is 5.32 Å². The van der Waals surface area contributed by atoms with E-state index < -0.39 is 10.8 Å². The van der Waals surface area contributed by atoms with Crippen molar-refractivity contribution in [2.24, 2.45) is 0 Å². The van der Waals surface area contributed by atoms with Crippen LogP contribution in [-0.4, -0.2) is 10.8 Å². The fourth-order valence-corrected chi connectivity index (χ4v) is 2.60. The lowest BCUT2D eigenvalue weighted by Crippen LogP contribution is -2.13. The van der Waals surface area contributed by atoms with Crippen LogP contribution in [0.3, 0.4) is 0 Å². The molecule has 3 rings (SSSR count). The summed E-state index contributed by atoms with van der Waals surface area (Å²) in [6.07, 6.45) is 1.29. The largest absolute Gasteiger partial charge is 0.457 e. The molecule has 1 N–H and O–H groups in total. The Morgan fingerprint density at radius 3 is 2.68 bits per heavy atom. The summed E-state index contributed by atoms with van der Waals surface area (Å²) in [6, 6.07) is 17.5. The predicted molar refractivity (Wildman–Crippen MR) is 104 cm³/mol. The molecular weight excluding hydrogens is 382 g/mol. The molecule has 138 valence electrons. The average Bonchev–Trinajstić information content (AvgIpc) is 3.15. The van der Waals surface area contributed by atoms with Crippen LogP contribution in [0, 0.1) is 21.4 Å². The van der Waals surface area contributed by atoms with Gasteiger partial charge >= 0.3 is 0 Å². The number of nitro groups is 1. The van der Waals surface area contributed by atoms with Crippen molar-refractivity contribution in [1.29, 1.82) is 5.26 Å². The molecule has 0 unspecified atom stereocenters. The van der Waals surface area contributed by atoms with Crippen LogP contribution in [0.1, 0.15) is 5.76 Å². The van der Waals surface area contributed by atoms with Crippen LogP contribution in [0.15, 0.2) is 70.7 Å². The number of nitro benzene ring substituents is 1. The number of amides is 1. The lowest BCUT2D eigenvalue weighted by atomic mass is 10.1. The maximum Gasteiger partial charge on any atom is 0.270 e. The minimum atomic E-state index is -0.613. The number of furan rings is 1. The van der Waals surface area contributed by atoms with Gasteiger partial charge in [0, 0.05) is 34.5 Å². The molecule has 0 bridgehead atoms. The zero-order valence-electron chi connectivity index (χ0n) is 14.3. The number of hydrogen-bond acceptors (Lipinski definition) is 5. The molecule has 2 aromatic carbocycles. The van der Waals surface area contributed by atoms with Crippen LogP contribution in [0.2, 0.25) is 5.02 Å². The van der Waals surface area contributed by atoms with Crippen LogP contribution in [0.5, 0.6) is 0 Å². The summed E-state index contributed by atoms with van der Waals surface area (Å²) < 4.78 is 5.61.